The largest absolute Gasteiger partial charge is 0.467 e. The molecule has 0 saturated carbocycles. The molecule has 1 aromatic carbocycles. The lowest BCUT2D eigenvalue weighted by molar-refractivity contribution is -0.384. The Labute approximate surface area is 145 Å². The number of morpholine rings is 1. The Morgan fingerprint density at radius 2 is 2.08 bits per heavy atom. The minimum atomic E-state index is -4.83. The van der Waals surface area contributed by atoms with Crippen LogP contribution in [0.5, 0.6) is 0 Å². The number of benzene rings is 1. The summed E-state index contributed by atoms with van der Waals surface area (Å²) in [6, 6.07) is 1.28. The van der Waals surface area contributed by atoms with Gasteiger partial charge in [-0.25, -0.2) is 4.79 Å². The summed E-state index contributed by atoms with van der Waals surface area (Å²) in [5.41, 5.74) is -2.17. The van der Waals surface area contributed by atoms with E-state index >= 15 is 0 Å². The number of carbonyl (C=O) groups excluding carboxylic acids is 1. The number of hydrogen-bond donors (Lipinski definition) is 0. The van der Waals surface area contributed by atoms with E-state index in [1.807, 2.05) is 0 Å². The number of carbonyl (C=O) groups is 1. The quantitative estimate of drug-likeness (QED) is 0.454. The van der Waals surface area contributed by atoms with Crippen LogP contribution in [-0.2, 0) is 20.4 Å². The molecule has 1 unspecified atom stereocenters. The van der Waals surface area contributed by atoms with Gasteiger partial charge in [0.1, 0.15) is 5.69 Å². The lowest BCUT2D eigenvalue weighted by Gasteiger charge is -2.36. The summed E-state index contributed by atoms with van der Waals surface area (Å²) in [6.45, 7) is 1.65. The maximum absolute atomic E-state index is 12.9. The van der Waals surface area contributed by atoms with Crippen LogP contribution in [0, 0.1) is 10.1 Å². The molecule has 1 saturated heterocycles. The molecule has 1 aliphatic rings. The van der Waals surface area contributed by atoms with E-state index in [0.29, 0.717) is 6.07 Å². The molecule has 138 valence electrons. The number of nitro groups is 1. The van der Waals surface area contributed by atoms with Gasteiger partial charge in [0.15, 0.2) is 6.10 Å². The van der Waals surface area contributed by atoms with Gasteiger partial charge in [-0.1, -0.05) is 11.6 Å². The monoisotopic (exact) mass is 382 g/mol. The molecule has 1 aliphatic heterocycles. The zero-order chi connectivity index (χ0) is 18.9. The summed E-state index contributed by atoms with van der Waals surface area (Å²) >= 11 is 5.68. The molecule has 2 rings (SSSR count). The molecule has 25 heavy (non-hydrogen) atoms. The second kappa shape index (κ2) is 7.04. The molecule has 0 radical (unpaired) electrons. The highest BCUT2D eigenvalue weighted by molar-refractivity contribution is 6.31. The number of hydrogen-bond acceptors (Lipinski definition) is 6. The van der Waals surface area contributed by atoms with E-state index in [-0.39, 0.29) is 18.8 Å². The summed E-state index contributed by atoms with van der Waals surface area (Å²) in [5, 5.41) is 10.6. The van der Waals surface area contributed by atoms with Crippen molar-refractivity contribution in [2.45, 2.75) is 25.3 Å². The first kappa shape index (κ1) is 19.3. The summed E-state index contributed by atoms with van der Waals surface area (Å²) in [7, 11) is 1.16. The number of nitrogens with zero attached hydrogens (tertiary/aromatic N) is 2. The van der Waals surface area contributed by atoms with Crippen molar-refractivity contribution in [2.75, 3.05) is 25.1 Å². The minimum Gasteiger partial charge on any atom is -0.467 e. The third-order valence-corrected chi connectivity index (χ3v) is 3.94. The number of ether oxygens (including phenoxy) is 2. The van der Waals surface area contributed by atoms with Crippen LogP contribution in [0.25, 0.3) is 0 Å². The predicted octanol–water partition coefficient (Wildman–Crippen LogP) is 3.03. The predicted molar refractivity (Wildman–Crippen MR) is 81.7 cm³/mol. The fourth-order valence-corrected chi connectivity index (χ4v) is 2.84. The number of esters is 1. The Morgan fingerprint density at radius 3 is 2.60 bits per heavy atom. The molecule has 7 nitrogen and oxygen atoms in total. The van der Waals surface area contributed by atoms with Crippen LogP contribution >= 0.6 is 11.6 Å². The standard InChI is InChI=1S/C14H14ClF3N2O5/c1-7-5-19(6-12(25-7)13(21)24-2)10-4-9(15)8(14(16,17)18)3-11(10)20(22)23/h3-4,7,12H,5-6H2,1-2H3/t7-,12?/m1/s1. The Morgan fingerprint density at radius 1 is 1.44 bits per heavy atom. The van der Waals surface area contributed by atoms with Gasteiger partial charge in [0.05, 0.1) is 35.3 Å². The maximum atomic E-state index is 12.9. The van der Waals surface area contributed by atoms with E-state index in [1.54, 1.807) is 6.92 Å². The first-order chi connectivity index (χ1) is 11.5. The van der Waals surface area contributed by atoms with Crippen molar-refractivity contribution in [3.8, 4) is 0 Å². The first-order valence-electron chi connectivity index (χ1n) is 7.08. The van der Waals surface area contributed by atoms with Crippen molar-refractivity contribution >= 4 is 28.9 Å². The zero-order valence-electron chi connectivity index (χ0n) is 13.2. The number of anilines is 1. The molecule has 1 heterocycles. The van der Waals surface area contributed by atoms with Crippen LogP contribution in [-0.4, -0.2) is 43.3 Å². The van der Waals surface area contributed by atoms with Crippen molar-refractivity contribution in [3.05, 3.63) is 32.8 Å². The normalized spacial score (nSPS) is 21.1. The van der Waals surface area contributed by atoms with Crippen molar-refractivity contribution in [3.63, 3.8) is 0 Å². The summed E-state index contributed by atoms with van der Waals surface area (Å²) < 4.78 is 48.8. The number of methoxy groups -OCH3 is 1. The Hall–Kier alpha value is -2.07. The van der Waals surface area contributed by atoms with E-state index in [1.165, 1.54) is 4.90 Å². The molecule has 0 amide bonds. The zero-order valence-corrected chi connectivity index (χ0v) is 13.9. The smallest absolute Gasteiger partial charge is 0.418 e. The molecular weight excluding hydrogens is 369 g/mol. The van der Waals surface area contributed by atoms with Crippen LogP contribution in [0.3, 0.4) is 0 Å². The number of rotatable bonds is 3. The summed E-state index contributed by atoms with van der Waals surface area (Å²) in [5.74, 6) is -0.683. The fourth-order valence-electron chi connectivity index (χ4n) is 2.58. The van der Waals surface area contributed by atoms with Crippen LogP contribution in [0.4, 0.5) is 24.5 Å². The Kier molecular flexibility index (Phi) is 5.43. The van der Waals surface area contributed by atoms with E-state index in [0.717, 1.165) is 13.2 Å². The van der Waals surface area contributed by atoms with E-state index in [9.17, 15) is 28.1 Å². The van der Waals surface area contributed by atoms with Gasteiger partial charge in [0.25, 0.3) is 5.69 Å². The van der Waals surface area contributed by atoms with E-state index < -0.39 is 45.6 Å². The molecule has 1 fully saturated rings. The van der Waals surface area contributed by atoms with Crippen LogP contribution in [0.2, 0.25) is 5.02 Å². The van der Waals surface area contributed by atoms with Gasteiger partial charge in [-0.15, -0.1) is 0 Å². The maximum Gasteiger partial charge on any atom is 0.418 e. The van der Waals surface area contributed by atoms with Crippen LogP contribution in [0.15, 0.2) is 12.1 Å². The lowest BCUT2D eigenvalue weighted by Crippen LogP contribution is -2.50. The SMILES string of the molecule is COC(=O)C1CN(c2cc(Cl)c(C(F)(F)F)cc2[N+](=O)[O-])C[C@@H](C)O1. The highest BCUT2D eigenvalue weighted by Gasteiger charge is 2.39. The highest BCUT2D eigenvalue weighted by atomic mass is 35.5. The molecule has 2 atom stereocenters. The second-order valence-corrected chi connectivity index (χ2v) is 5.85. The lowest BCUT2D eigenvalue weighted by atomic mass is 10.1. The minimum absolute atomic E-state index is 0.112. The van der Waals surface area contributed by atoms with Gasteiger partial charge >= 0.3 is 12.1 Å². The number of alkyl halides is 3. The molecule has 11 heteroatoms. The van der Waals surface area contributed by atoms with E-state index in [4.69, 9.17) is 16.3 Å². The van der Waals surface area contributed by atoms with Crippen molar-refractivity contribution in [1.29, 1.82) is 0 Å². The van der Waals surface area contributed by atoms with Gasteiger partial charge in [0, 0.05) is 12.6 Å². The fraction of sp³-hybridized carbons (Fsp3) is 0.500. The molecule has 0 aliphatic carbocycles. The van der Waals surface area contributed by atoms with Crippen molar-refractivity contribution in [2.24, 2.45) is 0 Å². The van der Waals surface area contributed by atoms with Crippen molar-refractivity contribution in [1.82, 2.24) is 0 Å². The van der Waals surface area contributed by atoms with Crippen molar-refractivity contribution < 1.29 is 32.4 Å². The average molecular weight is 383 g/mol. The molecule has 1 aromatic rings. The third kappa shape index (κ3) is 4.13. The summed E-state index contributed by atoms with van der Waals surface area (Å²) in [6.07, 6.45) is -6.35. The molecule has 0 spiro atoms. The highest BCUT2D eigenvalue weighted by Crippen LogP contribution is 2.42. The Bertz CT molecular complexity index is 698. The van der Waals surface area contributed by atoms with Crippen LogP contribution < -0.4 is 4.90 Å². The average Bonchev–Trinajstić information content (AvgIpc) is 2.51. The van der Waals surface area contributed by atoms with Gasteiger partial charge in [-0.05, 0) is 13.0 Å². The van der Waals surface area contributed by atoms with Gasteiger partial charge in [-0.2, -0.15) is 13.2 Å². The molecule has 0 aromatic heterocycles. The molecule has 0 bridgehead atoms. The van der Waals surface area contributed by atoms with Gasteiger partial charge in [0.2, 0.25) is 0 Å². The first-order valence-corrected chi connectivity index (χ1v) is 7.45. The summed E-state index contributed by atoms with van der Waals surface area (Å²) in [4.78, 5) is 23.4. The third-order valence-electron chi connectivity index (χ3n) is 3.63. The molecule has 0 N–H and O–H groups in total. The van der Waals surface area contributed by atoms with E-state index in [2.05, 4.69) is 4.74 Å². The number of nitro benzene ring substituents is 1. The van der Waals surface area contributed by atoms with Crippen LogP contribution in [0.1, 0.15) is 12.5 Å². The van der Waals surface area contributed by atoms with Gasteiger partial charge in [-0.3, -0.25) is 10.1 Å². The molecular formula is C14H14ClF3N2O5. The second-order valence-electron chi connectivity index (χ2n) is 5.44. The number of halogens is 4. The van der Waals surface area contributed by atoms with Gasteiger partial charge < -0.3 is 14.4 Å². The topological polar surface area (TPSA) is 81.9 Å². The Balaban J connectivity index is 2.48.